The second-order valence-corrected chi connectivity index (χ2v) is 5.95. The summed E-state index contributed by atoms with van der Waals surface area (Å²) in [6, 6.07) is 0. The molecule has 4 aliphatic rings. The highest BCUT2D eigenvalue weighted by molar-refractivity contribution is 5.06. The van der Waals surface area contributed by atoms with Gasteiger partial charge in [-0.1, -0.05) is 0 Å². The van der Waals surface area contributed by atoms with E-state index < -0.39 is 0 Å². The molecule has 0 heterocycles. The van der Waals surface area contributed by atoms with E-state index in [1.807, 2.05) is 0 Å². The Bertz CT molecular complexity index is 226. The Morgan fingerprint density at radius 3 is 2.36 bits per heavy atom. The fourth-order valence-electron chi connectivity index (χ4n) is 4.82. The number of hydrogen-bond donors (Lipinski definition) is 2. The number of nitrogens with two attached hydrogens (primary N) is 1. The van der Waals surface area contributed by atoms with Gasteiger partial charge in [-0.05, 0) is 68.2 Å². The Balaban J connectivity index is 1.89. The minimum absolute atomic E-state index is 0.0288. The van der Waals surface area contributed by atoms with Crippen molar-refractivity contribution in [3.63, 3.8) is 0 Å². The van der Waals surface area contributed by atoms with Gasteiger partial charge in [0.1, 0.15) is 0 Å². The molecule has 4 saturated carbocycles. The van der Waals surface area contributed by atoms with Crippen molar-refractivity contribution in [3.05, 3.63) is 0 Å². The predicted molar refractivity (Wildman–Crippen MR) is 55.7 cm³/mol. The average molecular weight is 195 g/mol. The van der Waals surface area contributed by atoms with Gasteiger partial charge in [-0.25, -0.2) is 0 Å². The van der Waals surface area contributed by atoms with Crippen LogP contribution in [0, 0.1) is 23.2 Å². The van der Waals surface area contributed by atoms with Crippen LogP contribution in [0.25, 0.3) is 0 Å². The number of rotatable bonds is 2. The molecule has 0 aromatic rings. The first-order valence-corrected chi connectivity index (χ1v) is 6.12. The summed E-state index contributed by atoms with van der Waals surface area (Å²) in [5.41, 5.74) is 5.94. The Morgan fingerprint density at radius 1 is 1.14 bits per heavy atom. The topological polar surface area (TPSA) is 46.2 Å². The zero-order valence-electron chi connectivity index (χ0n) is 8.78. The minimum atomic E-state index is -0.0288. The minimum Gasteiger partial charge on any atom is -0.392 e. The third kappa shape index (κ3) is 1.10. The predicted octanol–water partition coefficient (Wildman–Crippen LogP) is 1.52. The van der Waals surface area contributed by atoms with Gasteiger partial charge >= 0.3 is 0 Å². The smallest absolute Gasteiger partial charge is 0.0625 e. The summed E-state index contributed by atoms with van der Waals surface area (Å²) in [4.78, 5) is 0. The lowest BCUT2D eigenvalue weighted by atomic mass is 9.47. The SMILES string of the molecule is NCCC12C[C@@H]3CC(C[C@@H](C3)C1)[C@H]2O. The van der Waals surface area contributed by atoms with Crippen molar-refractivity contribution in [2.75, 3.05) is 6.54 Å². The lowest BCUT2D eigenvalue weighted by Crippen LogP contribution is -2.56. The summed E-state index contributed by atoms with van der Waals surface area (Å²) in [6.45, 7) is 0.753. The number of hydrogen-bond acceptors (Lipinski definition) is 2. The highest BCUT2D eigenvalue weighted by Crippen LogP contribution is 2.61. The summed E-state index contributed by atoms with van der Waals surface area (Å²) in [7, 11) is 0. The molecule has 2 unspecified atom stereocenters. The largest absolute Gasteiger partial charge is 0.392 e. The zero-order chi connectivity index (χ0) is 9.76. The van der Waals surface area contributed by atoms with Crippen molar-refractivity contribution >= 4 is 0 Å². The van der Waals surface area contributed by atoms with Crippen LogP contribution in [0.5, 0.6) is 0 Å². The van der Waals surface area contributed by atoms with Crippen LogP contribution in [0.3, 0.4) is 0 Å². The Kier molecular flexibility index (Phi) is 1.94. The molecule has 4 fully saturated rings. The maximum absolute atomic E-state index is 10.4. The molecule has 14 heavy (non-hydrogen) atoms. The Labute approximate surface area is 85.9 Å². The van der Waals surface area contributed by atoms with Crippen LogP contribution in [-0.2, 0) is 0 Å². The molecular formula is C12H21NO. The van der Waals surface area contributed by atoms with Gasteiger partial charge in [-0.2, -0.15) is 0 Å². The van der Waals surface area contributed by atoms with Gasteiger partial charge < -0.3 is 10.8 Å². The highest BCUT2D eigenvalue weighted by atomic mass is 16.3. The molecule has 5 atom stereocenters. The Morgan fingerprint density at radius 2 is 1.79 bits per heavy atom. The van der Waals surface area contributed by atoms with E-state index in [0.717, 1.165) is 24.8 Å². The summed E-state index contributed by atoms with van der Waals surface area (Å²) < 4.78 is 0. The molecule has 0 aromatic carbocycles. The van der Waals surface area contributed by atoms with Crippen molar-refractivity contribution in [1.29, 1.82) is 0 Å². The molecule has 0 radical (unpaired) electrons. The van der Waals surface area contributed by atoms with E-state index in [0.29, 0.717) is 5.92 Å². The molecule has 4 aliphatic carbocycles. The Hall–Kier alpha value is -0.0800. The van der Waals surface area contributed by atoms with E-state index in [1.54, 1.807) is 0 Å². The van der Waals surface area contributed by atoms with Gasteiger partial charge in [0, 0.05) is 0 Å². The summed E-state index contributed by atoms with van der Waals surface area (Å²) in [5.74, 6) is 2.46. The van der Waals surface area contributed by atoms with Gasteiger partial charge in [-0.15, -0.1) is 0 Å². The van der Waals surface area contributed by atoms with Gasteiger partial charge in [0.25, 0.3) is 0 Å². The standard InChI is InChI=1S/C12H21NO/c13-2-1-12-6-8-3-9(7-12)5-10(4-8)11(12)14/h8-11,14H,1-7,13H2/t8-,9+,10?,11-,12?/m1/s1. The van der Waals surface area contributed by atoms with Crippen LogP contribution in [0.2, 0.25) is 0 Å². The van der Waals surface area contributed by atoms with E-state index in [2.05, 4.69) is 0 Å². The molecular weight excluding hydrogens is 174 g/mol. The third-order valence-electron chi connectivity index (χ3n) is 5.05. The van der Waals surface area contributed by atoms with E-state index >= 15 is 0 Å². The van der Waals surface area contributed by atoms with Crippen LogP contribution >= 0.6 is 0 Å². The highest BCUT2D eigenvalue weighted by Gasteiger charge is 2.55. The molecule has 0 saturated heterocycles. The fourth-order valence-corrected chi connectivity index (χ4v) is 4.82. The van der Waals surface area contributed by atoms with E-state index in [-0.39, 0.29) is 11.5 Å². The van der Waals surface area contributed by atoms with Gasteiger partial charge in [0.15, 0.2) is 0 Å². The average Bonchev–Trinajstić information content (AvgIpc) is 2.13. The fraction of sp³-hybridized carbons (Fsp3) is 1.00. The summed E-state index contributed by atoms with van der Waals surface area (Å²) in [6.07, 6.45) is 7.58. The number of aliphatic hydroxyl groups excluding tert-OH is 1. The van der Waals surface area contributed by atoms with Gasteiger partial charge in [0.05, 0.1) is 6.10 Å². The van der Waals surface area contributed by atoms with E-state index in [4.69, 9.17) is 5.73 Å². The second-order valence-electron chi connectivity index (χ2n) is 5.95. The maximum atomic E-state index is 10.4. The monoisotopic (exact) mass is 195 g/mol. The van der Waals surface area contributed by atoms with Crippen LogP contribution in [0.15, 0.2) is 0 Å². The second kappa shape index (κ2) is 2.96. The molecule has 0 amide bonds. The molecule has 4 bridgehead atoms. The van der Waals surface area contributed by atoms with E-state index in [9.17, 15) is 5.11 Å². The zero-order valence-corrected chi connectivity index (χ0v) is 8.78. The summed E-state index contributed by atoms with van der Waals surface area (Å²) >= 11 is 0. The first kappa shape index (κ1) is 9.17. The third-order valence-corrected chi connectivity index (χ3v) is 5.05. The lowest BCUT2D eigenvalue weighted by molar-refractivity contribution is -0.157. The normalized spacial score (nSPS) is 55.3. The first-order valence-electron chi connectivity index (χ1n) is 6.12. The van der Waals surface area contributed by atoms with Gasteiger partial charge in [-0.3, -0.25) is 0 Å². The van der Waals surface area contributed by atoms with Crippen molar-refractivity contribution < 1.29 is 5.11 Å². The molecule has 3 N–H and O–H groups in total. The molecule has 4 rings (SSSR count). The van der Waals surface area contributed by atoms with Crippen molar-refractivity contribution in [2.45, 2.75) is 44.6 Å². The van der Waals surface area contributed by atoms with Gasteiger partial charge in [0.2, 0.25) is 0 Å². The number of aliphatic hydroxyl groups is 1. The van der Waals surface area contributed by atoms with Crippen LogP contribution in [-0.4, -0.2) is 17.8 Å². The van der Waals surface area contributed by atoms with Crippen LogP contribution in [0.1, 0.15) is 38.5 Å². The molecule has 2 heteroatoms. The van der Waals surface area contributed by atoms with E-state index in [1.165, 1.54) is 32.1 Å². The maximum Gasteiger partial charge on any atom is 0.0625 e. The summed E-state index contributed by atoms with van der Waals surface area (Å²) in [5, 5.41) is 10.4. The molecule has 0 aliphatic heterocycles. The van der Waals surface area contributed by atoms with Crippen LogP contribution in [0.4, 0.5) is 0 Å². The first-order chi connectivity index (χ1) is 6.73. The molecule has 2 nitrogen and oxygen atoms in total. The van der Waals surface area contributed by atoms with Crippen molar-refractivity contribution in [2.24, 2.45) is 28.9 Å². The van der Waals surface area contributed by atoms with Crippen molar-refractivity contribution in [1.82, 2.24) is 0 Å². The van der Waals surface area contributed by atoms with Crippen molar-refractivity contribution in [3.8, 4) is 0 Å². The van der Waals surface area contributed by atoms with Crippen LogP contribution < -0.4 is 5.73 Å². The quantitative estimate of drug-likeness (QED) is 0.702. The lowest BCUT2D eigenvalue weighted by Gasteiger charge is -2.59. The molecule has 0 spiro atoms. The molecule has 80 valence electrons. The molecule has 0 aromatic heterocycles.